The second-order valence-corrected chi connectivity index (χ2v) is 2.70. The van der Waals surface area contributed by atoms with Crippen molar-refractivity contribution < 1.29 is 24.5 Å². The number of aliphatic hydroxyl groups is 1. The Morgan fingerprint density at radius 2 is 2.33 bits per heavy atom. The number of rotatable bonds is 2. The van der Waals surface area contributed by atoms with Gasteiger partial charge in [-0.15, -0.1) is 0 Å². The van der Waals surface area contributed by atoms with Crippen LogP contribution < -0.4 is 0 Å². The molecule has 0 aliphatic carbocycles. The molecule has 1 saturated heterocycles. The van der Waals surface area contributed by atoms with E-state index in [4.69, 9.17) is 10.2 Å². The number of ether oxygens (including phenoxy) is 1. The molecule has 0 spiro atoms. The maximum absolute atomic E-state index is 10.9. The number of hydrogen-bond donors (Lipinski definition) is 2. The molecular formula is C7H10O5. The third-order valence-electron chi connectivity index (χ3n) is 1.84. The fourth-order valence-electron chi connectivity index (χ4n) is 1.16. The quantitative estimate of drug-likeness (QED) is 0.545. The van der Waals surface area contributed by atoms with Crippen LogP contribution in [0.5, 0.6) is 0 Å². The number of carbonyl (C=O) groups excluding carboxylic acids is 1. The molecule has 1 aliphatic rings. The highest BCUT2D eigenvalue weighted by Gasteiger charge is 2.35. The zero-order valence-corrected chi connectivity index (χ0v) is 6.40. The van der Waals surface area contributed by atoms with Gasteiger partial charge < -0.3 is 14.9 Å². The van der Waals surface area contributed by atoms with Gasteiger partial charge in [-0.1, -0.05) is 0 Å². The molecule has 1 rings (SSSR count). The first kappa shape index (κ1) is 8.99. The lowest BCUT2D eigenvalue weighted by Gasteiger charge is -2.22. The van der Waals surface area contributed by atoms with Crippen molar-refractivity contribution >= 4 is 11.9 Å². The Hall–Kier alpha value is -1.10. The number of carbonyl (C=O) groups is 2. The second-order valence-electron chi connectivity index (χ2n) is 2.70. The number of aliphatic carboxylic acids is 1. The van der Waals surface area contributed by atoms with Crippen LogP contribution in [0.4, 0.5) is 0 Å². The van der Waals surface area contributed by atoms with Gasteiger partial charge in [0, 0.05) is 0 Å². The van der Waals surface area contributed by atoms with E-state index in [1.165, 1.54) is 0 Å². The van der Waals surface area contributed by atoms with Gasteiger partial charge in [0.1, 0.15) is 0 Å². The summed E-state index contributed by atoms with van der Waals surface area (Å²) in [5.41, 5.74) is 0. The van der Waals surface area contributed by atoms with Crippen molar-refractivity contribution in [1.29, 1.82) is 0 Å². The Labute approximate surface area is 68.9 Å². The maximum atomic E-state index is 10.9. The smallest absolute Gasteiger partial charge is 0.333 e. The van der Waals surface area contributed by atoms with E-state index in [0.29, 0.717) is 19.4 Å². The minimum absolute atomic E-state index is 0.321. The van der Waals surface area contributed by atoms with Gasteiger partial charge in [-0.05, 0) is 12.8 Å². The topological polar surface area (TPSA) is 83.8 Å². The van der Waals surface area contributed by atoms with E-state index < -0.39 is 24.0 Å². The predicted octanol–water partition coefficient (Wildman–Crippen LogP) is -0.615. The van der Waals surface area contributed by atoms with Crippen LogP contribution in [0, 0.1) is 5.92 Å². The summed E-state index contributed by atoms with van der Waals surface area (Å²) in [6.07, 6.45) is -0.634. The van der Waals surface area contributed by atoms with Crippen LogP contribution in [0.15, 0.2) is 0 Å². The molecule has 0 radical (unpaired) electrons. The highest BCUT2D eigenvalue weighted by atomic mass is 16.5. The summed E-state index contributed by atoms with van der Waals surface area (Å²) in [4.78, 5) is 21.2. The Balaban J connectivity index is 2.59. The lowest BCUT2D eigenvalue weighted by atomic mass is 9.95. The number of cyclic esters (lactones) is 1. The Morgan fingerprint density at radius 1 is 1.67 bits per heavy atom. The van der Waals surface area contributed by atoms with Crippen molar-refractivity contribution in [3.8, 4) is 0 Å². The molecule has 0 aromatic rings. The normalized spacial score (nSPS) is 26.1. The summed E-state index contributed by atoms with van der Waals surface area (Å²) in [5, 5.41) is 17.4. The summed E-state index contributed by atoms with van der Waals surface area (Å²) in [5.74, 6) is -2.88. The fourth-order valence-corrected chi connectivity index (χ4v) is 1.16. The third kappa shape index (κ3) is 1.73. The number of esters is 1. The standard InChI is InChI=1S/C7H10O5/c8-5(6(9)10)4-2-1-3-12-7(4)11/h4-5,8H,1-3H2,(H,9,10)/t4?,5-/m1/s1. The molecule has 5 heteroatoms. The highest BCUT2D eigenvalue weighted by Crippen LogP contribution is 2.18. The van der Waals surface area contributed by atoms with E-state index in [1.54, 1.807) is 0 Å². The SMILES string of the molecule is O=C1OCCCC1[C@@H](O)C(=O)O. The van der Waals surface area contributed by atoms with E-state index in [2.05, 4.69) is 4.74 Å². The van der Waals surface area contributed by atoms with Crippen LogP contribution in [0.3, 0.4) is 0 Å². The average molecular weight is 174 g/mol. The number of carboxylic acid groups (broad SMARTS) is 1. The average Bonchev–Trinajstić information content (AvgIpc) is 2.04. The first-order valence-electron chi connectivity index (χ1n) is 3.70. The van der Waals surface area contributed by atoms with Crippen LogP contribution in [-0.2, 0) is 14.3 Å². The summed E-state index contributed by atoms with van der Waals surface area (Å²) in [6, 6.07) is 0. The predicted molar refractivity (Wildman–Crippen MR) is 37.3 cm³/mol. The Kier molecular flexibility index (Phi) is 2.65. The number of hydrogen-bond acceptors (Lipinski definition) is 4. The molecule has 0 saturated carbocycles. The largest absolute Gasteiger partial charge is 0.479 e. The molecule has 1 fully saturated rings. The molecule has 1 unspecified atom stereocenters. The van der Waals surface area contributed by atoms with Gasteiger partial charge >= 0.3 is 11.9 Å². The molecular weight excluding hydrogens is 164 g/mol. The highest BCUT2D eigenvalue weighted by molar-refractivity contribution is 5.82. The summed E-state index contributed by atoms with van der Waals surface area (Å²) >= 11 is 0. The number of carboxylic acids is 1. The van der Waals surface area contributed by atoms with Crippen LogP contribution >= 0.6 is 0 Å². The monoisotopic (exact) mass is 174 g/mol. The molecule has 12 heavy (non-hydrogen) atoms. The van der Waals surface area contributed by atoms with Crippen LogP contribution in [0.2, 0.25) is 0 Å². The molecule has 68 valence electrons. The lowest BCUT2D eigenvalue weighted by molar-refractivity contribution is -0.167. The molecule has 0 amide bonds. The molecule has 0 bridgehead atoms. The van der Waals surface area contributed by atoms with Gasteiger partial charge in [0.15, 0.2) is 6.10 Å². The van der Waals surface area contributed by atoms with Gasteiger partial charge in [0.2, 0.25) is 0 Å². The van der Waals surface area contributed by atoms with E-state index in [1.807, 2.05) is 0 Å². The van der Waals surface area contributed by atoms with Crippen LogP contribution in [-0.4, -0.2) is 34.9 Å². The van der Waals surface area contributed by atoms with E-state index in [0.717, 1.165) is 0 Å². The third-order valence-corrected chi connectivity index (χ3v) is 1.84. The molecule has 2 atom stereocenters. The lowest BCUT2D eigenvalue weighted by Crippen LogP contribution is -2.38. The van der Waals surface area contributed by atoms with Crippen LogP contribution in [0.1, 0.15) is 12.8 Å². The maximum Gasteiger partial charge on any atom is 0.333 e. The zero-order chi connectivity index (χ0) is 9.14. The van der Waals surface area contributed by atoms with E-state index in [-0.39, 0.29) is 0 Å². The van der Waals surface area contributed by atoms with E-state index >= 15 is 0 Å². The van der Waals surface area contributed by atoms with Gasteiger partial charge in [-0.25, -0.2) is 4.79 Å². The molecule has 1 aliphatic heterocycles. The van der Waals surface area contributed by atoms with Crippen molar-refractivity contribution in [3.05, 3.63) is 0 Å². The van der Waals surface area contributed by atoms with Crippen molar-refractivity contribution in [3.63, 3.8) is 0 Å². The number of aliphatic hydroxyl groups excluding tert-OH is 1. The van der Waals surface area contributed by atoms with Crippen molar-refractivity contribution in [2.75, 3.05) is 6.61 Å². The molecule has 2 N–H and O–H groups in total. The minimum atomic E-state index is -1.63. The van der Waals surface area contributed by atoms with Crippen molar-refractivity contribution in [2.24, 2.45) is 5.92 Å². The Bertz CT molecular complexity index is 200. The molecule has 0 aromatic heterocycles. The second kappa shape index (κ2) is 3.53. The Morgan fingerprint density at radius 3 is 2.83 bits per heavy atom. The molecule has 5 nitrogen and oxygen atoms in total. The zero-order valence-electron chi connectivity index (χ0n) is 6.40. The molecule has 1 heterocycles. The van der Waals surface area contributed by atoms with Crippen LogP contribution in [0.25, 0.3) is 0 Å². The first-order chi connectivity index (χ1) is 5.63. The summed E-state index contributed by atoms with van der Waals surface area (Å²) in [7, 11) is 0. The summed E-state index contributed by atoms with van der Waals surface area (Å²) < 4.78 is 4.60. The van der Waals surface area contributed by atoms with Gasteiger partial charge in [0.05, 0.1) is 12.5 Å². The van der Waals surface area contributed by atoms with Crippen molar-refractivity contribution in [1.82, 2.24) is 0 Å². The van der Waals surface area contributed by atoms with Crippen molar-refractivity contribution in [2.45, 2.75) is 18.9 Å². The fraction of sp³-hybridized carbons (Fsp3) is 0.714. The van der Waals surface area contributed by atoms with E-state index in [9.17, 15) is 9.59 Å². The van der Waals surface area contributed by atoms with Gasteiger partial charge in [-0.3, -0.25) is 4.79 Å². The van der Waals surface area contributed by atoms with Gasteiger partial charge in [-0.2, -0.15) is 0 Å². The minimum Gasteiger partial charge on any atom is -0.479 e. The summed E-state index contributed by atoms with van der Waals surface area (Å²) in [6.45, 7) is 0.321. The first-order valence-corrected chi connectivity index (χ1v) is 3.70. The molecule has 0 aromatic carbocycles. The van der Waals surface area contributed by atoms with Gasteiger partial charge in [0.25, 0.3) is 0 Å².